The van der Waals surface area contributed by atoms with E-state index in [2.05, 4.69) is 15.5 Å². The van der Waals surface area contributed by atoms with Crippen LogP contribution < -0.4 is 0 Å². The van der Waals surface area contributed by atoms with Crippen LogP contribution in [0.25, 0.3) is 0 Å². The van der Waals surface area contributed by atoms with E-state index in [0.29, 0.717) is 6.42 Å². The molecule has 0 aliphatic carbocycles. The minimum atomic E-state index is -4.04. The van der Waals surface area contributed by atoms with Crippen LogP contribution in [0.2, 0.25) is 0 Å². The largest absolute Gasteiger partial charge is 0.391 e. The molecule has 0 atom stereocenters. The summed E-state index contributed by atoms with van der Waals surface area (Å²) >= 11 is 0. The lowest BCUT2D eigenvalue weighted by Gasteiger charge is -2.02. The van der Waals surface area contributed by atoms with Crippen molar-refractivity contribution in [2.45, 2.75) is 71.1 Å². The summed E-state index contributed by atoms with van der Waals surface area (Å²) in [7, 11) is -4.04. The number of unbranched alkanes of at least 4 members (excludes halogenated alkanes) is 9. The molecule has 0 spiro atoms. The molecule has 0 rings (SSSR count). The van der Waals surface area contributed by atoms with Gasteiger partial charge >= 0.3 is 10.3 Å². The van der Waals surface area contributed by atoms with E-state index in [-0.39, 0.29) is 6.61 Å². The Morgan fingerprint density at radius 2 is 1.37 bits per heavy atom. The molecule has 19 heavy (non-hydrogen) atoms. The molecule has 0 unspecified atom stereocenters. The number of hydrogen-bond acceptors (Lipinski definition) is 4. The van der Waals surface area contributed by atoms with Gasteiger partial charge < -0.3 is 0 Å². The van der Waals surface area contributed by atoms with Crippen molar-refractivity contribution in [3.63, 3.8) is 0 Å². The van der Waals surface area contributed by atoms with Crippen LogP contribution in [0, 0.1) is 0 Å². The quantitative estimate of drug-likeness (QED) is 0.296. The van der Waals surface area contributed by atoms with E-state index in [1.54, 1.807) is 0 Å². The lowest BCUT2D eigenvalue weighted by Crippen LogP contribution is -2.03. The molecule has 0 amide bonds. The van der Waals surface area contributed by atoms with E-state index in [1.165, 1.54) is 44.9 Å². The Kier molecular flexibility index (Phi) is 11.9. The molecule has 0 aliphatic rings. The van der Waals surface area contributed by atoms with E-state index in [4.69, 9.17) is 0 Å². The lowest BCUT2D eigenvalue weighted by atomic mass is 10.1. The highest BCUT2D eigenvalue weighted by atomic mass is 32.2. The maximum atomic E-state index is 10.8. The van der Waals surface area contributed by atoms with Gasteiger partial charge in [0.25, 0.3) is 6.08 Å². The fourth-order valence-electron chi connectivity index (χ4n) is 1.83. The van der Waals surface area contributed by atoms with Crippen molar-refractivity contribution in [3.8, 4) is 0 Å². The average Bonchev–Trinajstić information content (AvgIpc) is 2.36. The van der Waals surface area contributed by atoms with Crippen LogP contribution in [0.15, 0.2) is 4.40 Å². The first-order valence-electron chi connectivity index (χ1n) is 7.11. The van der Waals surface area contributed by atoms with Gasteiger partial charge in [0.1, 0.15) is 0 Å². The number of isocyanates is 1. The molecule has 0 heterocycles. The molecule has 112 valence electrons. The van der Waals surface area contributed by atoms with Crippen molar-refractivity contribution in [2.24, 2.45) is 4.40 Å². The van der Waals surface area contributed by atoms with Crippen molar-refractivity contribution < 1.29 is 17.4 Å². The fourth-order valence-corrected chi connectivity index (χ4v) is 2.30. The molecule has 0 aromatic heterocycles. The molecular formula is C13H25NO4S. The van der Waals surface area contributed by atoms with Gasteiger partial charge in [0, 0.05) is 0 Å². The van der Waals surface area contributed by atoms with Gasteiger partial charge in [0.15, 0.2) is 0 Å². The zero-order chi connectivity index (χ0) is 14.4. The number of hydrogen-bond donors (Lipinski definition) is 0. The minimum absolute atomic E-state index is 0.0873. The Hall–Kier alpha value is -0.710. The van der Waals surface area contributed by atoms with Crippen molar-refractivity contribution in [2.75, 3.05) is 6.61 Å². The van der Waals surface area contributed by atoms with Crippen molar-refractivity contribution in [3.05, 3.63) is 0 Å². The van der Waals surface area contributed by atoms with Crippen LogP contribution in [0.4, 0.5) is 0 Å². The standard InChI is InChI=1S/C13H25NO4S/c1-2-3-4-5-6-7-8-9-10-11-12-18-19(16,17)14-13-15/h2-12H2,1H3. The maximum absolute atomic E-state index is 10.8. The van der Waals surface area contributed by atoms with E-state index in [9.17, 15) is 13.2 Å². The number of nitrogens with zero attached hydrogens (tertiary/aromatic N) is 1. The summed E-state index contributed by atoms with van der Waals surface area (Å²) in [6, 6.07) is 0. The first-order valence-corrected chi connectivity index (χ1v) is 8.47. The van der Waals surface area contributed by atoms with E-state index >= 15 is 0 Å². The Balaban J connectivity index is 3.26. The second kappa shape index (κ2) is 12.3. The first-order chi connectivity index (χ1) is 9.12. The molecule has 0 aromatic carbocycles. The topological polar surface area (TPSA) is 72.8 Å². The zero-order valence-corrected chi connectivity index (χ0v) is 12.6. The summed E-state index contributed by atoms with van der Waals surface area (Å²) in [5, 5.41) is 0. The molecule has 0 N–H and O–H groups in total. The third-order valence-electron chi connectivity index (χ3n) is 2.88. The van der Waals surface area contributed by atoms with Crippen LogP contribution in [-0.4, -0.2) is 21.1 Å². The molecule has 0 saturated carbocycles. The molecule has 0 aliphatic heterocycles. The Morgan fingerprint density at radius 1 is 0.895 bits per heavy atom. The molecule has 0 aromatic rings. The van der Waals surface area contributed by atoms with E-state index < -0.39 is 10.3 Å². The van der Waals surface area contributed by atoms with Crippen LogP contribution in [-0.2, 0) is 19.3 Å². The summed E-state index contributed by atoms with van der Waals surface area (Å²) < 4.78 is 28.7. The molecule has 0 bridgehead atoms. The third-order valence-corrected chi connectivity index (χ3v) is 3.64. The summed E-state index contributed by atoms with van der Waals surface area (Å²) in [6.07, 6.45) is 12.6. The number of rotatable bonds is 13. The summed E-state index contributed by atoms with van der Waals surface area (Å²) in [5.74, 6) is 0. The zero-order valence-electron chi connectivity index (χ0n) is 11.8. The summed E-state index contributed by atoms with van der Waals surface area (Å²) in [5.41, 5.74) is 0. The molecule has 6 heteroatoms. The van der Waals surface area contributed by atoms with Gasteiger partial charge in [-0.15, -0.1) is 0 Å². The minimum Gasteiger partial charge on any atom is -0.252 e. The molecule has 5 nitrogen and oxygen atoms in total. The van der Waals surface area contributed by atoms with Crippen molar-refractivity contribution >= 4 is 16.4 Å². The van der Waals surface area contributed by atoms with Gasteiger partial charge in [-0.3, -0.25) is 4.18 Å². The highest BCUT2D eigenvalue weighted by Crippen LogP contribution is 2.10. The molecule has 0 saturated heterocycles. The average molecular weight is 291 g/mol. The van der Waals surface area contributed by atoms with Gasteiger partial charge in [-0.25, -0.2) is 4.79 Å². The van der Waals surface area contributed by atoms with Gasteiger partial charge in [-0.1, -0.05) is 69.1 Å². The maximum Gasteiger partial charge on any atom is 0.391 e. The second-order valence-corrected chi connectivity index (χ2v) is 5.89. The van der Waals surface area contributed by atoms with Crippen LogP contribution >= 0.6 is 0 Å². The predicted molar refractivity (Wildman–Crippen MR) is 74.8 cm³/mol. The van der Waals surface area contributed by atoms with Crippen LogP contribution in [0.1, 0.15) is 71.1 Å². The summed E-state index contributed by atoms with van der Waals surface area (Å²) in [6.45, 7) is 2.30. The normalized spacial score (nSPS) is 11.2. The smallest absolute Gasteiger partial charge is 0.252 e. The number of carbonyl (C=O) groups excluding carboxylic acids is 1. The monoisotopic (exact) mass is 291 g/mol. The van der Waals surface area contributed by atoms with Crippen molar-refractivity contribution in [1.29, 1.82) is 0 Å². The highest BCUT2D eigenvalue weighted by Gasteiger charge is 2.06. The highest BCUT2D eigenvalue weighted by molar-refractivity contribution is 7.85. The second-order valence-electron chi connectivity index (χ2n) is 4.61. The van der Waals surface area contributed by atoms with Crippen LogP contribution in [0.5, 0.6) is 0 Å². The van der Waals surface area contributed by atoms with Gasteiger partial charge in [-0.2, -0.15) is 8.42 Å². The SMILES string of the molecule is CCCCCCCCCCCCOS(=O)(=O)N=C=O. The van der Waals surface area contributed by atoms with Crippen molar-refractivity contribution in [1.82, 2.24) is 0 Å². The Morgan fingerprint density at radius 3 is 1.84 bits per heavy atom. The van der Waals surface area contributed by atoms with Gasteiger partial charge in [0.2, 0.25) is 0 Å². The van der Waals surface area contributed by atoms with Gasteiger partial charge in [-0.05, 0) is 6.42 Å². The van der Waals surface area contributed by atoms with E-state index in [0.717, 1.165) is 18.9 Å². The first kappa shape index (κ1) is 18.3. The molecule has 0 radical (unpaired) electrons. The van der Waals surface area contributed by atoms with E-state index in [1.807, 2.05) is 0 Å². The van der Waals surface area contributed by atoms with Gasteiger partial charge in [0.05, 0.1) is 6.61 Å². The fraction of sp³-hybridized carbons (Fsp3) is 0.923. The molecular weight excluding hydrogens is 266 g/mol. The lowest BCUT2D eigenvalue weighted by molar-refractivity contribution is 0.307. The molecule has 0 fully saturated rings. The Labute approximate surface area is 116 Å². The summed E-state index contributed by atoms with van der Waals surface area (Å²) in [4.78, 5) is 9.77. The Bertz CT molecular complexity index is 348. The van der Waals surface area contributed by atoms with Crippen LogP contribution in [0.3, 0.4) is 0 Å². The predicted octanol–water partition coefficient (Wildman–Crippen LogP) is 3.50. The third kappa shape index (κ3) is 13.5.